The molecule has 2 rings (SSSR count). The van der Waals surface area contributed by atoms with E-state index in [1.54, 1.807) is 18.2 Å². The largest absolute Gasteiger partial charge is 0.454 e. The van der Waals surface area contributed by atoms with Crippen LogP contribution in [-0.4, -0.2) is 41.1 Å². The molecule has 5 nitrogen and oxygen atoms in total. The van der Waals surface area contributed by atoms with Crippen molar-refractivity contribution in [2.45, 2.75) is 32.0 Å². The fraction of sp³-hybridized carbons (Fsp3) is 0.353. The van der Waals surface area contributed by atoms with Gasteiger partial charge in [0.15, 0.2) is 5.78 Å². The Morgan fingerprint density at radius 1 is 1.28 bits per heavy atom. The van der Waals surface area contributed by atoms with Crippen LogP contribution in [0.15, 0.2) is 36.5 Å². The Labute approximate surface area is 142 Å². The topological polar surface area (TPSA) is 66.5 Å². The molecule has 1 saturated heterocycles. The molecule has 0 bridgehead atoms. The summed E-state index contributed by atoms with van der Waals surface area (Å²) in [4.78, 5) is 36.1. The summed E-state index contributed by atoms with van der Waals surface area (Å²) in [5.74, 6) is -2.51. The maximum atomic E-state index is 12.4. The van der Waals surface area contributed by atoms with E-state index in [0.717, 1.165) is 6.20 Å². The summed E-state index contributed by atoms with van der Waals surface area (Å²) in [6, 6.07) is 5.72. The number of nitrogens with zero attached hydrogens (tertiary/aromatic N) is 1. The molecule has 1 aromatic rings. The molecule has 0 aliphatic carbocycles. The average molecular weight is 354 g/mol. The number of halogens is 3. The van der Waals surface area contributed by atoms with Gasteiger partial charge in [0.05, 0.1) is 0 Å². The van der Waals surface area contributed by atoms with E-state index < -0.39 is 23.9 Å². The zero-order valence-corrected chi connectivity index (χ0v) is 13.5. The molecule has 1 atom stereocenters. The average Bonchev–Trinajstić information content (AvgIpc) is 3.00. The van der Waals surface area contributed by atoms with Gasteiger partial charge in [-0.25, -0.2) is 0 Å². The normalized spacial score (nSPS) is 17.8. The summed E-state index contributed by atoms with van der Waals surface area (Å²) >= 11 is 0. The van der Waals surface area contributed by atoms with Gasteiger partial charge in [0.1, 0.15) is 6.04 Å². The summed E-state index contributed by atoms with van der Waals surface area (Å²) in [6.45, 7) is 1.79. The highest BCUT2D eigenvalue weighted by Gasteiger charge is 2.37. The summed E-state index contributed by atoms with van der Waals surface area (Å²) in [5.41, 5.74) is 0.872. The number of anilines is 1. The standard InChI is InChI=1S/C17H17F3N2O3/c1-11(23)12-4-2-5-13(10-12)21-16(25)14-6-3-8-22(14)9-7-15(24)17(18,19)20/h2,4-5,7,9-10,14H,3,6,8H2,1H3,(H,21,25). The molecule has 0 saturated carbocycles. The van der Waals surface area contributed by atoms with Gasteiger partial charge >= 0.3 is 6.18 Å². The number of benzene rings is 1. The first-order chi connectivity index (χ1) is 11.7. The van der Waals surface area contributed by atoms with Crippen molar-refractivity contribution in [3.63, 3.8) is 0 Å². The summed E-state index contributed by atoms with van der Waals surface area (Å²) in [7, 11) is 0. The number of nitrogens with one attached hydrogen (secondary N) is 1. The molecular formula is C17H17F3N2O3. The Morgan fingerprint density at radius 3 is 2.64 bits per heavy atom. The fourth-order valence-electron chi connectivity index (χ4n) is 2.55. The Kier molecular flexibility index (Phi) is 5.61. The van der Waals surface area contributed by atoms with Crippen LogP contribution >= 0.6 is 0 Å². The monoisotopic (exact) mass is 354 g/mol. The Balaban J connectivity index is 2.05. The van der Waals surface area contributed by atoms with Gasteiger partial charge in [-0.15, -0.1) is 0 Å². The number of likely N-dealkylation sites (tertiary alicyclic amines) is 1. The molecule has 1 aromatic carbocycles. The van der Waals surface area contributed by atoms with Gasteiger partial charge in [-0.1, -0.05) is 12.1 Å². The zero-order valence-electron chi connectivity index (χ0n) is 13.5. The number of amides is 1. The lowest BCUT2D eigenvalue weighted by atomic mass is 10.1. The van der Waals surface area contributed by atoms with Crippen LogP contribution in [0.4, 0.5) is 18.9 Å². The van der Waals surface area contributed by atoms with Crippen molar-refractivity contribution in [2.24, 2.45) is 0 Å². The first kappa shape index (κ1) is 18.7. The predicted octanol–water partition coefficient (Wildman–Crippen LogP) is 2.94. The van der Waals surface area contributed by atoms with E-state index >= 15 is 0 Å². The predicted molar refractivity (Wildman–Crippen MR) is 85.0 cm³/mol. The summed E-state index contributed by atoms with van der Waals surface area (Å²) in [5, 5.41) is 2.65. The number of hydrogen-bond donors (Lipinski definition) is 1. The number of Topliss-reactive ketones (excluding diaryl/α,β-unsaturated/α-hetero) is 1. The lowest BCUT2D eigenvalue weighted by Gasteiger charge is -2.22. The van der Waals surface area contributed by atoms with E-state index in [2.05, 4.69) is 5.32 Å². The highest BCUT2D eigenvalue weighted by molar-refractivity contribution is 5.98. The van der Waals surface area contributed by atoms with E-state index in [0.29, 0.717) is 36.7 Å². The molecule has 0 aromatic heterocycles. The molecule has 1 unspecified atom stereocenters. The van der Waals surface area contributed by atoms with Gasteiger partial charge in [0, 0.05) is 30.1 Å². The quantitative estimate of drug-likeness (QED) is 0.652. The molecule has 134 valence electrons. The van der Waals surface area contributed by atoms with Crippen molar-refractivity contribution in [3.05, 3.63) is 42.1 Å². The molecule has 0 radical (unpaired) electrons. The van der Waals surface area contributed by atoms with E-state index in [1.807, 2.05) is 0 Å². The second-order valence-electron chi connectivity index (χ2n) is 5.70. The smallest absolute Gasteiger partial charge is 0.365 e. The first-order valence-corrected chi connectivity index (χ1v) is 7.65. The number of allylic oxidation sites excluding steroid dienone is 1. The van der Waals surface area contributed by atoms with Crippen LogP contribution < -0.4 is 5.32 Å². The molecule has 1 heterocycles. The van der Waals surface area contributed by atoms with Gasteiger partial charge < -0.3 is 10.2 Å². The molecule has 0 spiro atoms. The van der Waals surface area contributed by atoms with Crippen molar-refractivity contribution in [2.75, 3.05) is 11.9 Å². The molecule has 1 N–H and O–H groups in total. The van der Waals surface area contributed by atoms with E-state index in [-0.39, 0.29) is 5.78 Å². The third-order valence-electron chi connectivity index (χ3n) is 3.83. The minimum absolute atomic E-state index is 0.146. The highest BCUT2D eigenvalue weighted by Crippen LogP contribution is 2.22. The number of carbonyl (C=O) groups is 3. The second kappa shape index (κ2) is 7.50. The Morgan fingerprint density at radius 2 is 2.00 bits per heavy atom. The summed E-state index contributed by atoms with van der Waals surface area (Å²) < 4.78 is 36.7. The second-order valence-corrected chi connectivity index (χ2v) is 5.70. The first-order valence-electron chi connectivity index (χ1n) is 7.65. The Bertz CT molecular complexity index is 713. The number of alkyl halides is 3. The molecule has 1 aliphatic rings. The molecule has 1 aliphatic heterocycles. The number of hydrogen-bond acceptors (Lipinski definition) is 4. The lowest BCUT2D eigenvalue weighted by Crippen LogP contribution is -2.36. The number of rotatable bonds is 5. The van der Waals surface area contributed by atoms with Crippen LogP contribution in [0.3, 0.4) is 0 Å². The van der Waals surface area contributed by atoms with Gasteiger partial charge in [-0.3, -0.25) is 14.4 Å². The molecule has 8 heteroatoms. The molecule has 1 amide bonds. The zero-order chi connectivity index (χ0) is 18.6. The molecule has 1 fully saturated rings. The van der Waals surface area contributed by atoms with Crippen molar-refractivity contribution < 1.29 is 27.6 Å². The third kappa shape index (κ3) is 4.91. The van der Waals surface area contributed by atoms with E-state index in [4.69, 9.17) is 0 Å². The highest BCUT2D eigenvalue weighted by atomic mass is 19.4. The van der Waals surface area contributed by atoms with Crippen molar-refractivity contribution in [1.82, 2.24) is 4.90 Å². The maximum absolute atomic E-state index is 12.4. The minimum Gasteiger partial charge on any atom is -0.365 e. The number of ketones is 2. The number of carbonyl (C=O) groups excluding carboxylic acids is 3. The SMILES string of the molecule is CC(=O)c1cccc(NC(=O)C2CCCN2C=CC(=O)C(F)(F)F)c1. The fourth-order valence-corrected chi connectivity index (χ4v) is 2.55. The van der Waals surface area contributed by atoms with Crippen LogP contribution in [0.1, 0.15) is 30.1 Å². The Hall–Kier alpha value is -2.64. The van der Waals surface area contributed by atoms with Crippen LogP contribution in [0.5, 0.6) is 0 Å². The lowest BCUT2D eigenvalue weighted by molar-refractivity contribution is -0.165. The molecule has 25 heavy (non-hydrogen) atoms. The van der Waals surface area contributed by atoms with Gasteiger partial charge in [0.2, 0.25) is 5.91 Å². The van der Waals surface area contributed by atoms with Crippen molar-refractivity contribution in [1.29, 1.82) is 0 Å². The van der Waals surface area contributed by atoms with Crippen LogP contribution in [0.25, 0.3) is 0 Å². The van der Waals surface area contributed by atoms with Crippen LogP contribution in [0, 0.1) is 0 Å². The maximum Gasteiger partial charge on any atom is 0.454 e. The van der Waals surface area contributed by atoms with E-state index in [1.165, 1.54) is 17.9 Å². The summed E-state index contributed by atoms with van der Waals surface area (Å²) in [6.07, 6.45) is -2.40. The van der Waals surface area contributed by atoms with Gasteiger partial charge in [0.25, 0.3) is 5.78 Å². The van der Waals surface area contributed by atoms with Gasteiger partial charge in [-0.05, 0) is 31.9 Å². The van der Waals surface area contributed by atoms with E-state index in [9.17, 15) is 27.6 Å². The van der Waals surface area contributed by atoms with Crippen LogP contribution in [0.2, 0.25) is 0 Å². The van der Waals surface area contributed by atoms with Crippen molar-refractivity contribution >= 4 is 23.2 Å². The van der Waals surface area contributed by atoms with Crippen LogP contribution in [-0.2, 0) is 9.59 Å². The molecular weight excluding hydrogens is 337 g/mol. The third-order valence-corrected chi connectivity index (χ3v) is 3.83. The van der Waals surface area contributed by atoms with Gasteiger partial charge in [-0.2, -0.15) is 13.2 Å². The minimum atomic E-state index is -4.93. The van der Waals surface area contributed by atoms with Crippen molar-refractivity contribution in [3.8, 4) is 0 Å².